The van der Waals surface area contributed by atoms with Crippen LogP contribution in [0.2, 0.25) is 0 Å². The van der Waals surface area contributed by atoms with E-state index in [9.17, 15) is 0 Å². The minimum Gasteiger partial charge on any atom is -0.249 e. The molecule has 0 bridgehead atoms. The first kappa shape index (κ1) is 33.6. The molecule has 5 heteroatoms. The highest BCUT2D eigenvalue weighted by atomic mass is 31.2. The molecule has 0 radical (unpaired) electrons. The maximum Gasteiger partial charge on any atom is 0.0844 e. The van der Waals surface area contributed by atoms with Crippen molar-refractivity contribution in [3.63, 3.8) is 0 Å². The second-order valence-corrected chi connectivity index (χ2v) is 17.4. The molecule has 0 saturated carbocycles. The number of nitrogens with zero attached hydrogens (tertiary/aromatic N) is 3. The molecular weight excluding hydrogens is 632 g/mol. The van der Waals surface area contributed by atoms with Gasteiger partial charge in [0.15, 0.2) is 0 Å². The summed E-state index contributed by atoms with van der Waals surface area (Å²) in [4.78, 5) is 0. The fourth-order valence-corrected chi connectivity index (χ4v) is 14.1. The SMILES string of the molecule is CCCCN(P(c1ccc(-c2ccccc2)cc1)c1ccc(-c2ccccc2)cc1)P1C(c2ccccc2)N(C)N(C)C1c1ccccc1. The lowest BCUT2D eigenvalue weighted by atomic mass is 10.1. The molecular formula is C44H45N3P2. The van der Waals surface area contributed by atoms with Crippen LogP contribution in [0.5, 0.6) is 0 Å². The molecule has 246 valence electrons. The molecule has 1 fully saturated rings. The van der Waals surface area contributed by atoms with Gasteiger partial charge in [0, 0.05) is 36.8 Å². The molecule has 2 atom stereocenters. The van der Waals surface area contributed by atoms with Crippen molar-refractivity contribution in [1.29, 1.82) is 0 Å². The van der Waals surface area contributed by atoms with Crippen molar-refractivity contribution >= 4 is 26.8 Å². The Bertz CT molecular complexity index is 1750. The summed E-state index contributed by atoms with van der Waals surface area (Å²) in [6, 6.07) is 62.9. The minimum absolute atomic E-state index is 0.250. The monoisotopic (exact) mass is 677 g/mol. The lowest BCUT2D eigenvalue weighted by Crippen LogP contribution is -2.32. The van der Waals surface area contributed by atoms with Gasteiger partial charge in [0.05, 0.1) is 11.6 Å². The standard InChI is InChI=1S/C44H45N3P2/c1-4-5-34-47(49-43(39-22-14-8-15-23-39)45(2)46(3)44(49)40-24-16-9-17-25-40)48(41-30-26-37(27-31-41)35-18-10-6-11-19-35)42-32-28-38(29-33-42)36-20-12-7-13-21-36/h6-33,43-44H,4-5,34H2,1-3H3. The Hall–Kier alpha value is -3.94. The van der Waals surface area contributed by atoms with Crippen LogP contribution in [0.3, 0.4) is 0 Å². The maximum atomic E-state index is 2.97. The summed E-state index contributed by atoms with van der Waals surface area (Å²) in [5.74, 6) is 0.501. The molecule has 1 saturated heterocycles. The Morgan fingerprint density at radius 3 is 1.20 bits per heavy atom. The van der Waals surface area contributed by atoms with Gasteiger partial charge in [-0.3, -0.25) is 0 Å². The number of hydrazine groups is 1. The lowest BCUT2D eigenvalue weighted by Gasteiger charge is -2.42. The van der Waals surface area contributed by atoms with Gasteiger partial charge >= 0.3 is 0 Å². The first-order valence-corrected chi connectivity index (χ1v) is 20.1. The highest BCUT2D eigenvalue weighted by Gasteiger charge is 2.50. The first-order valence-electron chi connectivity index (χ1n) is 17.4. The van der Waals surface area contributed by atoms with Crippen molar-refractivity contribution in [1.82, 2.24) is 14.5 Å². The summed E-state index contributed by atoms with van der Waals surface area (Å²) in [6.45, 7) is 3.37. The van der Waals surface area contributed by atoms with Gasteiger partial charge in [-0.1, -0.05) is 183 Å². The second-order valence-electron chi connectivity index (χ2n) is 12.7. The van der Waals surface area contributed by atoms with Crippen molar-refractivity contribution in [2.45, 2.75) is 31.3 Å². The minimum atomic E-state index is -0.863. The highest BCUT2D eigenvalue weighted by Crippen LogP contribution is 2.75. The van der Waals surface area contributed by atoms with Crippen LogP contribution in [0, 0.1) is 0 Å². The van der Waals surface area contributed by atoms with Crippen LogP contribution in [-0.4, -0.2) is 35.1 Å². The van der Waals surface area contributed by atoms with Crippen molar-refractivity contribution in [2.75, 3.05) is 20.6 Å². The van der Waals surface area contributed by atoms with E-state index >= 15 is 0 Å². The third-order valence-corrected chi connectivity index (χ3v) is 15.9. The van der Waals surface area contributed by atoms with Crippen LogP contribution in [0.15, 0.2) is 170 Å². The largest absolute Gasteiger partial charge is 0.249 e. The molecule has 7 rings (SSSR count). The summed E-state index contributed by atoms with van der Waals surface area (Å²) in [7, 11) is 2.97. The fraction of sp³-hybridized carbons (Fsp3) is 0.182. The number of hydrogen-bond donors (Lipinski definition) is 0. The van der Waals surface area contributed by atoms with Crippen LogP contribution < -0.4 is 10.6 Å². The molecule has 1 aliphatic heterocycles. The molecule has 2 unspecified atom stereocenters. The molecule has 0 aromatic heterocycles. The number of benzene rings is 6. The van der Waals surface area contributed by atoms with Gasteiger partial charge in [-0.2, -0.15) is 0 Å². The first-order chi connectivity index (χ1) is 24.1. The normalized spacial score (nSPS) is 18.3. The quantitative estimate of drug-likeness (QED) is 0.126. The molecule has 0 N–H and O–H groups in total. The van der Waals surface area contributed by atoms with E-state index in [0.29, 0.717) is 0 Å². The van der Waals surface area contributed by atoms with Gasteiger partial charge in [0.1, 0.15) is 0 Å². The Labute approximate surface area is 295 Å². The maximum absolute atomic E-state index is 2.97. The fourth-order valence-electron chi connectivity index (χ4n) is 6.95. The van der Waals surface area contributed by atoms with E-state index in [1.807, 2.05) is 0 Å². The van der Waals surface area contributed by atoms with E-state index in [-0.39, 0.29) is 11.6 Å². The topological polar surface area (TPSA) is 9.72 Å². The van der Waals surface area contributed by atoms with E-state index in [2.05, 4.69) is 205 Å². The third kappa shape index (κ3) is 7.20. The Morgan fingerprint density at radius 1 is 0.490 bits per heavy atom. The van der Waals surface area contributed by atoms with Crippen molar-refractivity contribution in [2.24, 2.45) is 0 Å². The van der Waals surface area contributed by atoms with E-state index in [1.165, 1.54) is 44.0 Å². The Balaban J connectivity index is 1.40. The van der Waals surface area contributed by atoms with Gasteiger partial charge < -0.3 is 0 Å². The smallest absolute Gasteiger partial charge is 0.0844 e. The van der Waals surface area contributed by atoms with E-state index in [4.69, 9.17) is 0 Å². The number of hydrogen-bond acceptors (Lipinski definition) is 3. The summed E-state index contributed by atoms with van der Waals surface area (Å²) in [5.41, 5.74) is 7.80. The van der Waals surface area contributed by atoms with E-state index in [1.54, 1.807) is 0 Å². The summed E-state index contributed by atoms with van der Waals surface area (Å²) < 4.78 is 2.97. The molecule has 49 heavy (non-hydrogen) atoms. The summed E-state index contributed by atoms with van der Waals surface area (Å²) >= 11 is 0. The van der Waals surface area contributed by atoms with Gasteiger partial charge in [-0.15, -0.1) is 0 Å². The molecule has 1 heterocycles. The average Bonchev–Trinajstić information content (AvgIpc) is 3.44. The molecule has 0 aliphatic carbocycles. The van der Waals surface area contributed by atoms with Crippen LogP contribution >= 0.6 is 16.1 Å². The van der Waals surface area contributed by atoms with Crippen LogP contribution in [0.25, 0.3) is 22.3 Å². The summed E-state index contributed by atoms with van der Waals surface area (Å²) in [6.07, 6.45) is 2.30. The van der Waals surface area contributed by atoms with E-state index in [0.717, 1.165) is 19.4 Å². The van der Waals surface area contributed by atoms with Gasteiger partial charge in [0.25, 0.3) is 0 Å². The Morgan fingerprint density at radius 2 is 0.837 bits per heavy atom. The summed E-state index contributed by atoms with van der Waals surface area (Å²) in [5, 5.41) is 7.83. The molecule has 6 aromatic rings. The second kappa shape index (κ2) is 15.7. The predicted octanol–water partition coefficient (Wildman–Crippen LogP) is 11.1. The van der Waals surface area contributed by atoms with Crippen molar-refractivity contribution in [3.8, 4) is 22.3 Å². The molecule has 0 amide bonds. The van der Waals surface area contributed by atoms with Gasteiger partial charge in [0.2, 0.25) is 0 Å². The zero-order valence-electron chi connectivity index (χ0n) is 28.7. The molecule has 3 nitrogen and oxygen atoms in total. The predicted molar refractivity (Wildman–Crippen MR) is 212 cm³/mol. The average molecular weight is 678 g/mol. The van der Waals surface area contributed by atoms with Crippen LogP contribution in [-0.2, 0) is 0 Å². The zero-order valence-corrected chi connectivity index (χ0v) is 30.5. The Kier molecular flexibility index (Phi) is 10.8. The molecule has 0 spiro atoms. The number of unbranched alkanes of at least 4 members (excludes halogenated alkanes) is 1. The van der Waals surface area contributed by atoms with Gasteiger partial charge in [-0.25, -0.2) is 14.5 Å². The zero-order chi connectivity index (χ0) is 33.6. The van der Waals surface area contributed by atoms with Gasteiger partial charge in [-0.05, 0) is 50.4 Å². The van der Waals surface area contributed by atoms with Crippen LogP contribution in [0.4, 0.5) is 0 Å². The highest BCUT2D eigenvalue weighted by molar-refractivity contribution is 7.79. The van der Waals surface area contributed by atoms with E-state index < -0.39 is 16.1 Å². The molecule has 6 aromatic carbocycles. The van der Waals surface area contributed by atoms with Crippen LogP contribution in [0.1, 0.15) is 42.5 Å². The molecule has 1 aliphatic rings. The van der Waals surface area contributed by atoms with Crippen molar-refractivity contribution < 1.29 is 0 Å². The van der Waals surface area contributed by atoms with Crippen molar-refractivity contribution in [3.05, 3.63) is 181 Å². The number of rotatable bonds is 11. The third-order valence-electron chi connectivity index (χ3n) is 9.55. The lowest BCUT2D eigenvalue weighted by molar-refractivity contribution is 0.0252.